The smallest absolute Gasteiger partial charge is 0.220 e. The fourth-order valence-corrected chi connectivity index (χ4v) is 3.35. The van der Waals surface area contributed by atoms with Crippen molar-refractivity contribution in [3.63, 3.8) is 0 Å². The Bertz CT molecular complexity index is 637. The molecule has 1 N–H and O–H groups in total. The summed E-state index contributed by atoms with van der Waals surface area (Å²) in [7, 11) is 0. The summed E-state index contributed by atoms with van der Waals surface area (Å²) in [6.07, 6.45) is 2.43. The predicted octanol–water partition coefficient (Wildman–Crippen LogP) is 4.54. The van der Waals surface area contributed by atoms with Gasteiger partial charge in [-0.05, 0) is 36.5 Å². The number of amides is 1. The van der Waals surface area contributed by atoms with E-state index in [-0.39, 0.29) is 5.91 Å². The molecular weight excluding hydrogens is 314 g/mol. The summed E-state index contributed by atoms with van der Waals surface area (Å²) in [4.78, 5) is 11.9. The molecular formula is C21H27NOS. The van der Waals surface area contributed by atoms with Gasteiger partial charge in [-0.1, -0.05) is 61.0 Å². The van der Waals surface area contributed by atoms with Gasteiger partial charge in [-0.3, -0.25) is 4.79 Å². The van der Waals surface area contributed by atoms with Gasteiger partial charge in [0.2, 0.25) is 5.91 Å². The molecule has 0 saturated heterocycles. The van der Waals surface area contributed by atoms with Crippen LogP contribution in [0.15, 0.2) is 48.5 Å². The zero-order valence-corrected chi connectivity index (χ0v) is 15.5. The Morgan fingerprint density at radius 1 is 1.04 bits per heavy atom. The average molecular weight is 342 g/mol. The lowest BCUT2D eigenvalue weighted by Crippen LogP contribution is -2.25. The molecule has 0 atom stereocenters. The van der Waals surface area contributed by atoms with Crippen LogP contribution in [0.25, 0.3) is 0 Å². The molecule has 0 aromatic heterocycles. The minimum absolute atomic E-state index is 0.144. The number of thioether (sulfide) groups is 1. The second-order valence-electron chi connectivity index (χ2n) is 6.06. The second-order valence-corrected chi connectivity index (χ2v) is 7.17. The average Bonchev–Trinajstić information content (AvgIpc) is 2.60. The third-order valence-electron chi connectivity index (χ3n) is 3.99. The molecule has 0 spiro atoms. The van der Waals surface area contributed by atoms with E-state index in [1.807, 2.05) is 11.8 Å². The van der Waals surface area contributed by atoms with Gasteiger partial charge in [0, 0.05) is 24.5 Å². The molecule has 2 aromatic rings. The molecule has 1 amide bonds. The lowest BCUT2D eigenvalue weighted by Gasteiger charge is -2.06. The van der Waals surface area contributed by atoms with Crippen LogP contribution in [-0.2, 0) is 23.4 Å². The summed E-state index contributed by atoms with van der Waals surface area (Å²) in [5.41, 5.74) is 5.22. The molecule has 0 radical (unpaired) electrons. The lowest BCUT2D eigenvalue weighted by atomic mass is 10.1. The number of rotatable bonds is 9. The van der Waals surface area contributed by atoms with Gasteiger partial charge in [0.25, 0.3) is 0 Å². The van der Waals surface area contributed by atoms with Crippen LogP contribution in [0, 0.1) is 6.92 Å². The van der Waals surface area contributed by atoms with E-state index >= 15 is 0 Å². The Labute approximate surface area is 150 Å². The van der Waals surface area contributed by atoms with E-state index in [2.05, 4.69) is 67.7 Å². The monoisotopic (exact) mass is 341 g/mol. The van der Waals surface area contributed by atoms with Crippen molar-refractivity contribution in [3.8, 4) is 0 Å². The molecule has 0 saturated carbocycles. The molecule has 2 rings (SSSR count). The molecule has 128 valence electrons. The first-order valence-electron chi connectivity index (χ1n) is 8.65. The molecule has 0 bridgehead atoms. The van der Waals surface area contributed by atoms with Gasteiger partial charge in [-0.25, -0.2) is 0 Å². The highest BCUT2D eigenvalue weighted by molar-refractivity contribution is 7.98. The molecule has 0 heterocycles. The fourth-order valence-electron chi connectivity index (χ4n) is 2.54. The topological polar surface area (TPSA) is 29.1 Å². The van der Waals surface area contributed by atoms with Crippen molar-refractivity contribution in [2.45, 2.75) is 38.9 Å². The normalized spacial score (nSPS) is 10.6. The molecule has 2 nitrogen and oxygen atoms in total. The molecule has 0 unspecified atom stereocenters. The van der Waals surface area contributed by atoms with Gasteiger partial charge < -0.3 is 5.32 Å². The van der Waals surface area contributed by atoms with Crippen LogP contribution >= 0.6 is 11.8 Å². The first-order valence-corrected chi connectivity index (χ1v) is 9.80. The number of benzene rings is 2. The number of aryl methyl sites for hydroxylation is 3. The van der Waals surface area contributed by atoms with Crippen LogP contribution in [0.4, 0.5) is 0 Å². The molecule has 0 aliphatic rings. The summed E-state index contributed by atoms with van der Waals surface area (Å²) in [6, 6.07) is 17.1. The minimum atomic E-state index is 0.144. The van der Waals surface area contributed by atoms with E-state index in [0.29, 0.717) is 6.42 Å². The van der Waals surface area contributed by atoms with Gasteiger partial charge in [-0.15, -0.1) is 0 Å². The van der Waals surface area contributed by atoms with Crippen LogP contribution in [0.1, 0.15) is 35.6 Å². The highest BCUT2D eigenvalue weighted by atomic mass is 32.2. The Morgan fingerprint density at radius 2 is 1.79 bits per heavy atom. The molecule has 0 aliphatic heterocycles. The van der Waals surface area contributed by atoms with Crippen molar-refractivity contribution in [1.82, 2.24) is 5.32 Å². The molecule has 3 heteroatoms. The van der Waals surface area contributed by atoms with Crippen LogP contribution in [0.2, 0.25) is 0 Å². The van der Waals surface area contributed by atoms with Crippen LogP contribution in [0.5, 0.6) is 0 Å². The van der Waals surface area contributed by atoms with E-state index in [0.717, 1.165) is 30.9 Å². The van der Waals surface area contributed by atoms with Crippen molar-refractivity contribution >= 4 is 17.7 Å². The maximum atomic E-state index is 11.9. The number of nitrogens with one attached hydrogen (secondary N) is 1. The molecule has 24 heavy (non-hydrogen) atoms. The van der Waals surface area contributed by atoms with Crippen LogP contribution < -0.4 is 5.32 Å². The van der Waals surface area contributed by atoms with Crippen molar-refractivity contribution in [2.75, 3.05) is 12.3 Å². The Morgan fingerprint density at radius 3 is 2.50 bits per heavy atom. The Hall–Kier alpha value is -1.74. The molecule has 0 fully saturated rings. The number of carbonyl (C=O) groups is 1. The third kappa shape index (κ3) is 6.79. The van der Waals surface area contributed by atoms with Gasteiger partial charge in [0.15, 0.2) is 0 Å². The number of hydrogen-bond donors (Lipinski definition) is 1. The SMILES string of the molecule is CCc1ccc(CCC(=O)NCCSCc2cccc(C)c2)cc1. The first-order chi connectivity index (χ1) is 11.7. The highest BCUT2D eigenvalue weighted by Gasteiger charge is 2.02. The van der Waals surface area contributed by atoms with E-state index in [1.54, 1.807) is 0 Å². The van der Waals surface area contributed by atoms with Crippen molar-refractivity contribution in [2.24, 2.45) is 0 Å². The zero-order valence-electron chi connectivity index (χ0n) is 14.7. The van der Waals surface area contributed by atoms with Crippen LogP contribution in [0.3, 0.4) is 0 Å². The summed E-state index contributed by atoms with van der Waals surface area (Å²) in [5.74, 6) is 2.09. The zero-order chi connectivity index (χ0) is 17.2. The molecule has 2 aromatic carbocycles. The van der Waals surface area contributed by atoms with Gasteiger partial charge in [0.1, 0.15) is 0 Å². The van der Waals surface area contributed by atoms with Crippen LogP contribution in [-0.4, -0.2) is 18.2 Å². The summed E-state index contributed by atoms with van der Waals surface area (Å²) < 4.78 is 0. The number of carbonyl (C=O) groups excluding carboxylic acids is 1. The van der Waals surface area contributed by atoms with E-state index < -0.39 is 0 Å². The van der Waals surface area contributed by atoms with Crippen molar-refractivity contribution in [1.29, 1.82) is 0 Å². The standard InChI is InChI=1S/C21H27NOS/c1-3-18-7-9-19(10-8-18)11-12-21(23)22-13-14-24-16-20-6-4-5-17(2)15-20/h4-10,15H,3,11-14,16H2,1-2H3,(H,22,23). The van der Waals surface area contributed by atoms with Crippen molar-refractivity contribution < 1.29 is 4.79 Å². The lowest BCUT2D eigenvalue weighted by molar-refractivity contribution is -0.120. The largest absolute Gasteiger partial charge is 0.355 e. The Kier molecular flexibility index (Phi) is 7.90. The quantitative estimate of drug-likeness (QED) is 0.679. The maximum absolute atomic E-state index is 11.9. The first kappa shape index (κ1) is 18.6. The fraction of sp³-hybridized carbons (Fsp3) is 0.381. The second kappa shape index (κ2) is 10.2. The maximum Gasteiger partial charge on any atom is 0.220 e. The van der Waals surface area contributed by atoms with Gasteiger partial charge >= 0.3 is 0 Å². The van der Waals surface area contributed by atoms with E-state index in [9.17, 15) is 4.79 Å². The van der Waals surface area contributed by atoms with E-state index in [1.165, 1.54) is 22.3 Å². The summed E-state index contributed by atoms with van der Waals surface area (Å²) >= 11 is 1.86. The summed E-state index contributed by atoms with van der Waals surface area (Å²) in [6.45, 7) is 5.01. The minimum Gasteiger partial charge on any atom is -0.355 e. The third-order valence-corrected chi connectivity index (χ3v) is 5.02. The highest BCUT2D eigenvalue weighted by Crippen LogP contribution is 2.13. The van der Waals surface area contributed by atoms with Gasteiger partial charge in [0.05, 0.1) is 0 Å². The van der Waals surface area contributed by atoms with Crippen molar-refractivity contribution in [3.05, 3.63) is 70.8 Å². The Balaban J connectivity index is 1.57. The molecule has 0 aliphatic carbocycles. The summed E-state index contributed by atoms with van der Waals surface area (Å²) in [5, 5.41) is 3.01. The predicted molar refractivity (Wildman–Crippen MR) is 104 cm³/mol. The number of hydrogen-bond acceptors (Lipinski definition) is 2. The van der Waals surface area contributed by atoms with E-state index in [4.69, 9.17) is 0 Å². The van der Waals surface area contributed by atoms with Gasteiger partial charge in [-0.2, -0.15) is 11.8 Å².